The topological polar surface area (TPSA) is 58.1 Å². The van der Waals surface area contributed by atoms with E-state index in [0.29, 0.717) is 11.6 Å². The molecule has 5 heteroatoms. The number of hydrogen-bond donors (Lipinski definition) is 2. The molecule has 0 amide bonds. The fourth-order valence-corrected chi connectivity index (χ4v) is 3.43. The molecule has 1 unspecified atom stereocenters. The molecule has 4 aromatic rings. The van der Waals surface area contributed by atoms with Gasteiger partial charge in [0.05, 0.1) is 16.3 Å². The number of fused-ring (bicyclic) bond motifs is 2. The van der Waals surface area contributed by atoms with Gasteiger partial charge in [-0.05, 0) is 42.8 Å². The van der Waals surface area contributed by atoms with Crippen molar-refractivity contribution in [2.75, 3.05) is 0 Å². The molecular weight excluding hydrogens is 308 g/mol. The molecule has 0 spiro atoms. The number of aliphatic hydroxyl groups is 1. The average molecular weight is 324 g/mol. The number of H-pyrrole nitrogens is 1. The number of nitrogens with zero attached hydrogens (tertiary/aromatic N) is 1. The zero-order valence-electron chi connectivity index (χ0n) is 12.6. The Balaban J connectivity index is 1.65. The van der Waals surface area contributed by atoms with Crippen LogP contribution in [0.5, 0.6) is 10.9 Å². The lowest BCUT2D eigenvalue weighted by atomic mass is 10.2. The maximum Gasteiger partial charge on any atom is 0.279 e. The third-order valence-corrected chi connectivity index (χ3v) is 4.75. The molecule has 2 heterocycles. The maximum atomic E-state index is 9.94. The standard InChI is InChI=1S/C18H16N2O2S/c1-2-16(21)15-10-11-9-12(7-8-13(11)19-15)22-18-20-14-5-3-4-6-17(14)23-18/h3-10,16,19,21H,2H2,1H3. The van der Waals surface area contributed by atoms with E-state index in [0.717, 1.165) is 32.6 Å². The molecule has 2 aromatic heterocycles. The first-order valence-corrected chi connectivity index (χ1v) is 8.39. The van der Waals surface area contributed by atoms with Crippen molar-refractivity contribution < 1.29 is 9.84 Å². The summed E-state index contributed by atoms with van der Waals surface area (Å²) < 4.78 is 7.01. The number of aromatic nitrogens is 2. The van der Waals surface area contributed by atoms with Crippen LogP contribution in [0.1, 0.15) is 25.1 Å². The van der Waals surface area contributed by atoms with Crippen molar-refractivity contribution >= 4 is 32.5 Å². The Morgan fingerprint density at radius 2 is 2.09 bits per heavy atom. The number of thiazole rings is 1. The van der Waals surface area contributed by atoms with E-state index in [1.807, 2.05) is 55.5 Å². The third-order valence-electron chi connectivity index (χ3n) is 3.84. The zero-order valence-corrected chi connectivity index (χ0v) is 13.4. The lowest BCUT2D eigenvalue weighted by Crippen LogP contribution is -1.94. The third kappa shape index (κ3) is 2.69. The quantitative estimate of drug-likeness (QED) is 0.554. The van der Waals surface area contributed by atoms with Gasteiger partial charge in [-0.1, -0.05) is 30.4 Å². The lowest BCUT2D eigenvalue weighted by Gasteiger charge is -2.02. The molecule has 0 saturated carbocycles. The summed E-state index contributed by atoms with van der Waals surface area (Å²) in [7, 11) is 0. The van der Waals surface area contributed by atoms with Gasteiger partial charge in [-0.25, -0.2) is 4.98 Å². The van der Waals surface area contributed by atoms with Gasteiger partial charge in [0.25, 0.3) is 5.19 Å². The van der Waals surface area contributed by atoms with Crippen LogP contribution in [-0.2, 0) is 0 Å². The number of benzene rings is 2. The van der Waals surface area contributed by atoms with Crippen molar-refractivity contribution in [3.8, 4) is 10.9 Å². The number of aromatic amines is 1. The van der Waals surface area contributed by atoms with E-state index in [1.165, 1.54) is 11.3 Å². The van der Waals surface area contributed by atoms with Crippen LogP contribution in [0.15, 0.2) is 48.5 Å². The average Bonchev–Trinajstić information content (AvgIpc) is 3.16. The Hall–Kier alpha value is -2.37. The Labute approximate surface area is 137 Å². The molecule has 0 aliphatic rings. The highest BCUT2D eigenvalue weighted by molar-refractivity contribution is 7.20. The monoisotopic (exact) mass is 324 g/mol. The largest absolute Gasteiger partial charge is 0.431 e. The molecule has 23 heavy (non-hydrogen) atoms. The van der Waals surface area contributed by atoms with Crippen molar-refractivity contribution in [2.45, 2.75) is 19.4 Å². The highest BCUT2D eigenvalue weighted by Crippen LogP contribution is 2.33. The molecule has 2 aromatic carbocycles. The fraction of sp³-hybridized carbons (Fsp3) is 0.167. The molecule has 0 aliphatic heterocycles. The Bertz CT molecular complexity index is 940. The Morgan fingerprint density at radius 3 is 2.91 bits per heavy atom. The van der Waals surface area contributed by atoms with E-state index in [-0.39, 0.29) is 0 Å². The lowest BCUT2D eigenvalue weighted by molar-refractivity contribution is 0.170. The van der Waals surface area contributed by atoms with Crippen LogP contribution in [-0.4, -0.2) is 15.1 Å². The molecule has 0 radical (unpaired) electrons. The molecule has 0 bridgehead atoms. The first-order chi connectivity index (χ1) is 11.2. The number of hydrogen-bond acceptors (Lipinski definition) is 4. The van der Waals surface area contributed by atoms with Crippen LogP contribution in [0, 0.1) is 0 Å². The first-order valence-electron chi connectivity index (χ1n) is 7.57. The number of rotatable bonds is 4. The van der Waals surface area contributed by atoms with Gasteiger partial charge in [-0.3, -0.25) is 0 Å². The normalized spacial score (nSPS) is 12.8. The van der Waals surface area contributed by atoms with E-state index < -0.39 is 6.10 Å². The van der Waals surface area contributed by atoms with Gasteiger partial charge in [0, 0.05) is 16.6 Å². The molecule has 116 valence electrons. The van der Waals surface area contributed by atoms with Gasteiger partial charge >= 0.3 is 0 Å². The summed E-state index contributed by atoms with van der Waals surface area (Å²) >= 11 is 1.53. The second-order valence-corrected chi connectivity index (χ2v) is 6.44. The van der Waals surface area contributed by atoms with Crippen molar-refractivity contribution in [1.29, 1.82) is 0 Å². The zero-order chi connectivity index (χ0) is 15.8. The van der Waals surface area contributed by atoms with Gasteiger partial charge in [-0.2, -0.15) is 0 Å². The summed E-state index contributed by atoms with van der Waals surface area (Å²) in [6, 6.07) is 15.8. The smallest absolute Gasteiger partial charge is 0.279 e. The van der Waals surface area contributed by atoms with Gasteiger partial charge < -0.3 is 14.8 Å². The molecule has 4 rings (SSSR count). The van der Waals surface area contributed by atoms with Crippen LogP contribution in [0.4, 0.5) is 0 Å². The molecule has 0 fully saturated rings. The number of aliphatic hydroxyl groups excluding tert-OH is 1. The van der Waals surface area contributed by atoms with E-state index in [2.05, 4.69) is 9.97 Å². The molecule has 4 nitrogen and oxygen atoms in total. The van der Waals surface area contributed by atoms with Crippen molar-refractivity contribution in [3.63, 3.8) is 0 Å². The second-order valence-electron chi connectivity index (χ2n) is 5.45. The highest BCUT2D eigenvalue weighted by atomic mass is 32.1. The minimum atomic E-state index is -0.462. The molecule has 1 atom stereocenters. The van der Waals surface area contributed by atoms with Crippen LogP contribution in [0.25, 0.3) is 21.1 Å². The van der Waals surface area contributed by atoms with Crippen LogP contribution in [0.2, 0.25) is 0 Å². The predicted octanol–water partition coefficient (Wildman–Crippen LogP) is 5.01. The van der Waals surface area contributed by atoms with Gasteiger partial charge in [0.1, 0.15) is 5.75 Å². The summed E-state index contributed by atoms with van der Waals surface area (Å²) in [6.07, 6.45) is 0.220. The van der Waals surface area contributed by atoms with Crippen LogP contribution < -0.4 is 4.74 Å². The number of ether oxygens (including phenoxy) is 1. The minimum absolute atomic E-state index is 0.462. The van der Waals surface area contributed by atoms with E-state index in [1.54, 1.807) is 0 Å². The van der Waals surface area contributed by atoms with Crippen LogP contribution in [0.3, 0.4) is 0 Å². The predicted molar refractivity (Wildman–Crippen MR) is 93.2 cm³/mol. The van der Waals surface area contributed by atoms with Gasteiger partial charge in [0.2, 0.25) is 0 Å². The summed E-state index contributed by atoms with van der Waals surface area (Å²) in [5.41, 5.74) is 2.77. The molecule has 0 saturated heterocycles. The van der Waals surface area contributed by atoms with Crippen molar-refractivity contribution in [1.82, 2.24) is 9.97 Å². The Morgan fingerprint density at radius 1 is 1.22 bits per heavy atom. The number of para-hydroxylation sites is 1. The van der Waals surface area contributed by atoms with Gasteiger partial charge in [-0.15, -0.1) is 0 Å². The van der Waals surface area contributed by atoms with E-state index in [9.17, 15) is 5.11 Å². The van der Waals surface area contributed by atoms with Crippen molar-refractivity contribution in [3.05, 3.63) is 54.2 Å². The Kier molecular flexibility index (Phi) is 3.52. The maximum absolute atomic E-state index is 9.94. The highest BCUT2D eigenvalue weighted by Gasteiger charge is 2.10. The molecule has 0 aliphatic carbocycles. The van der Waals surface area contributed by atoms with Gasteiger partial charge in [0.15, 0.2) is 0 Å². The minimum Gasteiger partial charge on any atom is -0.431 e. The van der Waals surface area contributed by atoms with E-state index >= 15 is 0 Å². The summed E-state index contributed by atoms with van der Waals surface area (Å²) in [5.74, 6) is 0.744. The summed E-state index contributed by atoms with van der Waals surface area (Å²) in [5, 5.41) is 11.6. The van der Waals surface area contributed by atoms with Crippen molar-refractivity contribution in [2.24, 2.45) is 0 Å². The van der Waals surface area contributed by atoms with E-state index in [4.69, 9.17) is 4.74 Å². The second kappa shape index (κ2) is 5.68. The SMILES string of the molecule is CCC(O)c1cc2cc(Oc3nc4ccccc4s3)ccc2[nH]1. The first kappa shape index (κ1) is 14.2. The summed E-state index contributed by atoms with van der Waals surface area (Å²) in [6.45, 7) is 1.96. The molecular formula is C18H16N2O2S. The van der Waals surface area contributed by atoms with Crippen LogP contribution >= 0.6 is 11.3 Å². The number of nitrogens with one attached hydrogen (secondary N) is 1. The molecule has 2 N–H and O–H groups in total. The summed E-state index contributed by atoms with van der Waals surface area (Å²) in [4.78, 5) is 7.72. The fourth-order valence-electron chi connectivity index (χ4n) is 2.59.